The number of nitrogens with zero attached hydrogens (tertiary/aromatic N) is 4. The predicted molar refractivity (Wildman–Crippen MR) is 48.6 cm³/mol. The summed E-state index contributed by atoms with van der Waals surface area (Å²) in [4.78, 5) is 13.3. The van der Waals surface area contributed by atoms with Gasteiger partial charge in [-0.3, -0.25) is 4.79 Å². The lowest BCUT2D eigenvalue weighted by molar-refractivity contribution is 0.0944. The second kappa shape index (κ2) is 3.66. The molecule has 0 amide bonds. The van der Waals surface area contributed by atoms with Crippen molar-refractivity contribution in [3.8, 4) is 0 Å². The summed E-state index contributed by atoms with van der Waals surface area (Å²) >= 11 is 0. The number of carbonyl (C=O) groups excluding carboxylic acids is 1. The summed E-state index contributed by atoms with van der Waals surface area (Å²) in [6, 6.07) is 0. The molecule has 5 nitrogen and oxygen atoms in total. The van der Waals surface area contributed by atoms with Crippen molar-refractivity contribution in [1.82, 2.24) is 19.7 Å². The van der Waals surface area contributed by atoms with Crippen molar-refractivity contribution >= 4 is 5.78 Å². The van der Waals surface area contributed by atoms with Gasteiger partial charge in [-0.25, -0.2) is 0 Å². The number of aryl methyl sites for hydroxylation is 1. The van der Waals surface area contributed by atoms with Crippen LogP contribution in [0.5, 0.6) is 0 Å². The number of Topliss-reactive ketones (excluding diaryl/α,β-unsaturated/α-hetero) is 1. The van der Waals surface area contributed by atoms with Crippen LogP contribution in [-0.4, -0.2) is 46.1 Å². The lowest BCUT2D eigenvalue weighted by Gasteiger charge is -2.07. The van der Waals surface area contributed by atoms with Crippen LogP contribution in [0.25, 0.3) is 0 Å². The van der Waals surface area contributed by atoms with Gasteiger partial charge in [0.1, 0.15) is 5.82 Å². The molecule has 1 heterocycles. The molecule has 1 aromatic rings. The Hall–Kier alpha value is -1.23. The maximum absolute atomic E-state index is 11.5. The van der Waals surface area contributed by atoms with Gasteiger partial charge in [0.25, 0.3) is 0 Å². The highest BCUT2D eigenvalue weighted by Crippen LogP contribution is 1.98. The molecule has 0 N–H and O–H groups in total. The molecule has 0 aliphatic carbocycles. The highest BCUT2D eigenvalue weighted by atomic mass is 16.1. The minimum Gasteiger partial charge on any atom is -0.312 e. The number of aromatic nitrogens is 3. The largest absolute Gasteiger partial charge is 0.312 e. The third kappa shape index (κ3) is 2.12. The van der Waals surface area contributed by atoms with Crippen molar-refractivity contribution < 1.29 is 4.79 Å². The second-order valence-corrected chi connectivity index (χ2v) is 3.29. The van der Waals surface area contributed by atoms with Crippen LogP contribution < -0.4 is 0 Å². The zero-order valence-electron chi connectivity index (χ0n) is 8.40. The van der Waals surface area contributed by atoms with E-state index in [1.165, 1.54) is 0 Å². The van der Waals surface area contributed by atoms with Crippen LogP contribution >= 0.6 is 0 Å². The molecule has 0 saturated carbocycles. The molecule has 5 heteroatoms. The van der Waals surface area contributed by atoms with Crippen molar-refractivity contribution in [3.05, 3.63) is 11.6 Å². The van der Waals surface area contributed by atoms with Gasteiger partial charge in [-0.05, 0) is 21.0 Å². The Morgan fingerprint density at radius 2 is 2.08 bits per heavy atom. The smallest absolute Gasteiger partial charge is 0.214 e. The SMILES string of the molecule is Cc1nnc(C(=O)CN(C)C)n1C. The van der Waals surface area contributed by atoms with E-state index >= 15 is 0 Å². The Morgan fingerprint density at radius 3 is 2.46 bits per heavy atom. The van der Waals surface area contributed by atoms with E-state index in [1.54, 1.807) is 11.6 Å². The first kappa shape index (κ1) is 9.85. The van der Waals surface area contributed by atoms with Gasteiger partial charge in [-0.2, -0.15) is 0 Å². The third-order valence-corrected chi connectivity index (χ3v) is 1.80. The van der Waals surface area contributed by atoms with E-state index in [0.717, 1.165) is 5.82 Å². The van der Waals surface area contributed by atoms with Gasteiger partial charge >= 0.3 is 0 Å². The monoisotopic (exact) mass is 182 g/mol. The summed E-state index contributed by atoms with van der Waals surface area (Å²) in [5, 5.41) is 7.62. The molecule has 0 aliphatic heterocycles. The van der Waals surface area contributed by atoms with Crippen molar-refractivity contribution in [1.29, 1.82) is 0 Å². The topological polar surface area (TPSA) is 51.0 Å². The van der Waals surface area contributed by atoms with Crippen molar-refractivity contribution in [2.45, 2.75) is 6.92 Å². The summed E-state index contributed by atoms with van der Waals surface area (Å²) in [5.74, 6) is 1.17. The van der Waals surface area contributed by atoms with Crippen LogP contribution in [0.4, 0.5) is 0 Å². The molecule has 0 spiro atoms. The van der Waals surface area contributed by atoms with Gasteiger partial charge < -0.3 is 9.47 Å². The molecule has 0 bridgehead atoms. The fourth-order valence-corrected chi connectivity index (χ4v) is 1.01. The first-order valence-corrected chi connectivity index (χ1v) is 4.06. The average molecular weight is 182 g/mol. The minimum absolute atomic E-state index is 0.00639. The van der Waals surface area contributed by atoms with Gasteiger partial charge in [0.2, 0.25) is 11.6 Å². The Labute approximate surface area is 77.4 Å². The number of ketones is 1. The van der Waals surface area contributed by atoms with E-state index in [1.807, 2.05) is 25.9 Å². The third-order valence-electron chi connectivity index (χ3n) is 1.80. The number of carbonyl (C=O) groups is 1. The first-order chi connectivity index (χ1) is 6.02. The lowest BCUT2D eigenvalue weighted by Crippen LogP contribution is -2.24. The zero-order chi connectivity index (χ0) is 10.0. The quantitative estimate of drug-likeness (QED) is 0.611. The molecule has 72 valence electrons. The number of hydrogen-bond acceptors (Lipinski definition) is 4. The van der Waals surface area contributed by atoms with Gasteiger partial charge in [-0.15, -0.1) is 10.2 Å². The van der Waals surface area contributed by atoms with Crippen molar-refractivity contribution in [2.75, 3.05) is 20.6 Å². The normalized spacial score (nSPS) is 10.8. The fourth-order valence-electron chi connectivity index (χ4n) is 1.01. The highest BCUT2D eigenvalue weighted by Gasteiger charge is 2.14. The Morgan fingerprint density at radius 1 is 1.46 bits per heavy atom. The van der Waals surface area contributed by atoms with E-state index in [9.17, 15) is 4.79 Å². The lowest BCUT2D eigenvalue weighted by atomic mass is 10.3. The average Bonchev–Trinajstić information content (AvgIpc) is 2.31. The molecule has 0 radical (unpaired) electrons. The summed E-state index contributed by atoms with van der Waals surface area (Å²) in [6.07, 6.45) is 0. The molecule has 1 aromatic heterocycles. The molecule has 0 unspecified atom stereocenters. The molecular formula is C8H14N4O. The van der Waals surface area contributed by atoms with Gasteiger partial charge in [0.15, 0.2) is 0 Å². The highest BCUT2D eigenvalue weighted by molar-refractivity contribution is 5.94. The number of hydrogen-bond donors (Lipinski definition) is 0. The van der Waals surface area contributed by atoms with Crippen molar-refractivity contribution in [2.24, 2.45) is 7.05 Å². The van der Waals surface area contributed by atoms with Gasteiger partial charge in [-0.1, -0.05) is 0 Å². The van der Waals surface area contributed by atoms with E-state index < -0.39 is 0 Å². The molecule has 0 aromatic carbocycles. The van der Waals surface area contributed by atoms with E-state index in [4.69, 9.17) is 0 Å². The maximum Gasteiger partial charge on any atom is 0.214 e. The molecule has 0 aliphatic rings. The van der Waals surface area contributed by atoms with Crippen LogP contribution in [0.1, 0.15) is 16.4 Å². The Balaban J connectivity index is 2.83. The zero-order valence-corrected chi connectivity index (χ0v) is 8.40. The molecular weight excluding hydrogens is 168 g/mol. The van der Waals surface area contributed by atoms with Crippen LogP contribution in [0.2, 0.25) is 0 Å². The standard InChI is InChI=1S/C8H14N4O/c1-6-9-10-8(12(6)4)7(13)5-11(2)3/h5H2,1-4H3. The van der Waals surface area contributed by atoms with Crippen molar-refractivity contribution in [3.63, 3.8) is 0 Å². The van der Waals surface area contributed by atoms with E-state index in [0.29, 0.717) is 12.4 Å². The number of rotatable bonds is 3. The van der Waals surface area contributed by atoms with Crippen LogP contribution in [-0.2, 0) is 7.05 Å². The predicted octanol–water partition coefficient (Wildman–Crippen LogP) is -0.132. The van der Waals surface area contributed by atoms with E-state index in [2.05, 4.69) is 10.2 Å². The Kier molecular flexibility index (Phi) is 2.77. The van der Waals surface area contributed by atoms with Crippen LogP contribution in [0, 0.1) is 6.92 Å². The van der Waals surface area contributed by atoms with Crippen LogP contribution in [0.3, 0.4) is 0 Å². The van der Waals surface area contributed by atoms with Gasteiger partial charge in [0, 0.05) is 7.05 Å². The molecule has 0 fully saturated rings. The molecule has 0 atom stereocenters. The Bertz CT molecular complexity index is 316. The number of likely N-dealkylation sites (N-methyl/N-ethyl adjacent to an activating group) is 1. The maximum atomic E-state index is 11.5. The summed E-state index contributed by atoms with van der Waals surface area (Å²) < 4.78 is 1.70. The summed E-state index contributed by atoms with van der Waals surface area (Å²) in [7, 11) is 5.49. The second-order valence-electron chi connectivity index (χ2n) is 3.29. The first-order valence-electron chi connectivity index (χ1n) is 4.06. The van der Waals surface area contributed by atoms with E-state index in [-0.39, 0.29) is 5.78 Å². The van der Waals surface area contributed by atoms with Crippen LogP contribution in [0.15, 0.2) is 0 Å². The van der Waals surface area contributed by atoms with Gasteiger partial charge in [0.05, 0.1) is 6.54 Å². The molecule has 0 saturated heterocycles. The molecule has 13 heavy (non-hydrogen) atoms. The minimum atomic E-state index is -0.00639. The summed E-state index contributed by atoms with van der Waals surface area (Å²) in [6.45, 7) is 2.19. The molecule has 1 rings (SSSR count). The summed E-state index contributed by atoms with van der Waals surface area (Å²) in [5.41, 5.74) is 0. The fraction of sp³-hybridized carbons (Fsp3) is 0.625.